The maximum atomic E-state index is 6.19. The van der Waals surface area contributed by atoms with Crippen LogP contribution in [0.1, 0.15) is 36.9 Å². The summed E-state index contributed by atoms with van der Waals surface area (Å²) in [7, 11) is 0. The van der Waals surface area contributed by atoms with Gasteiger partial charge in [-0.3, -0.25) is 0 Å². The number of nitrogens with zero attached hydrogens (tertiary/aromatic N) is 1. The number of rotatable bonds is 1. The molecule has 1 aliphatic carbocycles. The van der Waals surface area contributed by atoms with Crippen molar-refractivity contribution in [2.75, 3.05) is 0 Å². The zero-order valence-corrected chi connectivity index (χ0v) is 13.0. The first-order chi connectivity index (χ1) is 11.3. The van der Waals surface area contributed by atoms with Crippen molar-refractivity contribution in [1.82, 2.24) is 4.98 Å². The molecule has 0 fully saturated rings. The van der Waals surface area contributed by atoms with Gasteiger partial charge in [-0.2, -0.15) is 0 Å². The smallest absolute Gasteiger partial charge is 0.165 e. The molecule has 1 unspecified atom stereocenters. The standard InChI is InChI=1S/C20H17NO2/c1-12-6-4-8-14-17(16-10-5-11-22-16)20-19(21-18(12)14)13-7-2-3-9-15(13)23-20/h2-3,5,7,9-12H,4,6,8H2,1H3. The molecule has 0 saturated carbocycles. The summed E-state index contributed by atoms with van der Waals surface area (Å²) >= 11 is 0. The Bertz CT molecular complexity index is 1010. The Hall–Kier alpha value is -2.55. The molecule has 0 aliphatic heterocycles. The SMILES string of the molecule is CC1CCCc2c1nc1c(oc3ccccc31)c2-c1ccco1. The van der Waals surface area contributed by atoms with Crippen LogP contribution in [0.4, 0.5) is 0 Å². The number of benzene rings is 1. The van der Waals surface area contributed by atoms with Crippen molar-refractivity contribution >= 4 is 22.1 Å². The van der Waals surface area contributed by atoms with Crippen LogP contribution in [0.3, 0.4) is 0 Å². The molecule has 0 bridgehead atoms. The summed E-state index contributed by atoms with van der Waals surface area (Å²) in [6, 6.07) is 12.1. The van der Waals surface area contributed by atoms with E-state index in [1.165, 1.54) is 24.1 Å². The summed E-state index contributed by atoms with van der Waals surface area (Å²) in [5.74, 6) is 1.35. The lowest BCUT2D eigenvalue weighted by Crippen LogP contribution is -2.11. The van der Waals surface area contributed by atoms with Crippen LogP contribution < -0.4 is 0 Å². The summed E-state index contributed by atoms with van der Waals surface area (Å²) in [6.45, 7) is 2.27. The third kappa shape index (κ3) is 1.79. The molecular weight excluding hydrogens is 286 g/mol. The number of aromatic nitrogens is 1. The highest BCUT2D eigenvalue weighted by molar-refractivity contribution is 6.07. The molecule has 0 saturated heterocycles. The minimum Gasteiger partial charge on any atom is -0.464 e. The van der Waals surface area contributed by atoms with E-state index in [0.717, 1.165) is 39.8 Å². The van der Waals surface area contributed by atoms with Gasteiger partial charge in [-0.25, -0.2) is 4.98 Å². The second-order valence-electron chi connectivity index (χ2n) is 6.40. The third-order valence-electron chi connectivity index (χ3n) is 4.94. The molecule has 1 atom stereocenters. The lowest BCUT2D eigenvalue weighted by Gasteiger charge is -2.23. The zero-order chi connectivity index (χ0) is 15.4. The van der Waals surface area contributed by atoms with Gasteiger partial charge in [0.05, 0.1) is 11.8 Å². The van der Waals surface area contributed by atoms with Gasteiger partial charge in [0.15, 0.2) is 5.58 Å². The molecule has 3 heterocycles. The van der Waals surface area contributed by atoms with E-state index in [4.69, 9.17) is 13.8 Å². The van der Waals surface area contributed by atoms with Gasteiger partial charge >= 0.3 is 0 Å². The quantitative estimate of drug-likeness (QED) is 0.454. The molecule has 1 aliphatic rings. The maximum Gasteiger partial charge on any atom is 0.165 e. The van der Waals surface area contributed by atoms with Crippen molar-refractivity contribution < 1.29 is 8.83 Å². The van der Waals surface area contributed by atoms with E-state index in [1.807, 2.05) is 30.3 Å². The van der Waals surface area contributed by atoms with Gasteiger partial charge in [0, 0.05) is 11.1 Å². The molecule has 0 radical (unpaired) electrons. The van der Waals surface area contributed by atoms with E-state index in [0.29, 0.717) is 5.92 Å². The van der Waals surface area contributed by atoms with Gasteiger partial charge in [0.1, 0.15) is 16.9 Å². The predicted octanol–water partition coefficient (Wildman–Crippen LogP) is 5.68. The minimum atomic E-state index is 0.477. The molecule has 5 rings (SSSR count). The maximum absolute atomic E-state index is 6.19. The van der Waals surface area contributed by atoms with E-state index >= 15 is 0 Å². The molecule has 23 heavy (non-hydrogen) atoms. The second-order valence-corrected chi connectivity index (χ2v) is 6.40. The number of fused-ring (bicyclic) bond motifs is 4. The Morgan fingerprint density at radius 1 is 1.13 bits per heavy atom. The van der Waals surface area contributed by atoms with Crippen molar-refractivity contribution in [3.05, 3.63) is 53.9 Å². The molecule has 0 amide bonds. The Kier molecular flexibility index (Phi) is 2.66. The summed E-state index contributed by atoms with van der Waals surface area (Å²) in [6.07, 6.45) is 5.15. The third-order valence-corrected chi connectivity index (χ3v) is 4.94. The Morgan fingerprint density at radius 3 is 2.91 bits per heavy atom. The fourth-order valence-electron chi connectivity index (χ4n) is 3.83. The largest absolute Gasteiger partial charge is 0.464 e. The lowest BCUT2D eigenvalue weighted by molar-refractivity contribution is 0.561. The predicted molar refractivity (Wildman–Crippen MR) is 90.6 cm³/mol. The fraction of sp³-hybridized carbons (Fsp3) is 0.250. The molecule has 3 nitrogen and oxygen atoms in total. The van der Waals surface area contributed by atoms with Crippen LogP contribution in [0.2, 0.25) is 0 Å². The Labute approximate surface area is 133 Å². The van der Waals surface area contributed by atoms with Crippen LogP contribution >= 0.6 is 0 Å². The van der Waals surface area contributed by atoms with E-state index in [2.05, 4.69) is 13.0 Å². The fourth-order valence-corrected chi connectivity index (χ4v) is 3.83. The monoisotopic (exact) mass is 303 g/mol. The van der Waals surface area contributed by atoms with Gasteiger partial charge in [0.25, 0.3) is 0 Å². The highest BCUT2D eigenvalue weighted by atomic mass is 16.3. The normalized spacial score (nSPS) is 17.7. The Balaban J connectivity index is 1.98. The van der Waals surface area contributed by atoms with Gasteiger partial charge in [0.2, 0.25) is 0 Å². The highest BCUT2D eigenvalue weighted by Crippen LogP contribution is 2.43. The highest BCUT2D eigenvalue weighted by Gasteiger charge is 2.27. The van der Waals surface area contributed by atoms with Crippen molar-refractivity contribution in [2.45, 2.75) is 32.1 Å². The van der Waals surface area contributed by atoms with E-state index in [1.54, 1.807) is 6.26 Å². The second kappa shape index (κ2) is 4.72. The van der Waals surface area contributed by atoms with Crippen LogP contribution in [0, 0.1) is 0 Å². The number of hydrogen-bond acceptors (Lipinski definition) is 3. The first kappa shape index (κ1) is 12.9. The van der Waals surface area contributed by atoms with E-state index < -0.39 is 0 Å². The lowest BCUT2D eigenvalue weighted by atomic mass is 9.84. The van der Waals surface area contributed by atoms with Crippen molar-refractivity contribution in [3.8, 4) is 11.3 Å². The summed E-state index contributed by atoms with van der Waals surface area (Å²) in [5.41, 5.74) is 6.30. The van der Waals surface area contributed by atoms with Crippen LogP contribution in [0.5, 0.6) is 0 Å². The minimum absolute atomic E-state index is 0.477. The first-order valence-electron chi connectivity index (χ1n) is 8.21. The number of hydrogen-bond donors (Lipinski definition) is 0. The first-order valence-corrected chi connectivity index (χ1v) is 8.21. The van der Waals surface area contributed by atoms with Gasteiger partial charge in [-0.05, 0) is 55.0 Å². The molecule has 3 aromatic heterocycles. The number of furan rings is 2. The van der Waals surface area contributed by atoms with Gasteiger partial charge < -0.3 is 8.83 Å². The average Bonchev–Trinajstić information content (AvgIpc) is 3.21. The topological polar surface area (TPSA) is 39.2 Å². The molecule has 3 heteroatoms. The van der Waals surface area contributed by atoms with Gasteiger partial charge in [-0.1, -0.05) is 19.1 Å². The Morgan fingerprint density at radius 2 is 2.04 bits per heavy atom. The van der Waals surface area contributed by atoms with E-state index in [-0.39, 0.29) is 0 Å². The molecule has 114 valence electrons. The molecule has 0 spiro atoms. The molecule has 4 aromatic rings. The summed E-state index contributed by atoms with van der Waals surface area (Å²) in [5, 5.41) is 1.08. The van der Waals surface area contributed by atoms with Crippen LogP contribution in [-0.4, -0.2) is 4.98 Å². The molecule has 1 aromatic carbocycles. The zero-order valence-electron chi connectivity index (χ0n) is 13.0. The van der Waals surface area contributed by atoms with Gasteiger partial charge in [-0.15, -0.1) is 0 Å². The van der Waals surface area contributed by atoms with E-state index in [9.17, 15) is 0 Å². The van der Waals surface area contributed by atoms with Crippen LogP contribution in [0.15, 0.2) is 51.5 Å². The van der Waals surface area contributed by atoms with Crippen molar-refractivity contribution in [1.29, 1.82) is 0 Å². The summed E-state index contributed by atoms with van der Waals surface area (Å²) in [4.78, 5) is 5.02. The van der Waals surface area contributed by atoms with Crippen LogP contribution in [-0.2, 0) is 6.42 Å². The number of pyridine rings is 1. The molecule has 0 N–H and O–H groups in total. The average molecular weight is 303 g/mol. The summed E-state index contributed by atoms with van der Waals surface area (Å²) < 4.78 is 11.9. The molecular formula is C20H17NO2. The van der Waals surface area contributed by atoms with Crippen molar-refractivity contribution in [2.24, 2.45) is 0 Å². The van der Waals surface area contributed by atoms with Crippen molar-refractivity contribution in [3.63, 3.8) is 0 Å². The van der Waals surface area contributed by atoms with Crippen LogP contribution in [0.25, 0.3) is 33.4 Å². The number of para-hydroxylation sites is 1.